The minimum Gasteiger partial charge on any atom is -0.338 e. The average molecular weight is 216 g/mol. The molecule has 0 aromatic rings. The van der Waals surface area contributed by atoms with Crippen LogP contribution in [0.15, 0.2) is 0 Å². The standard InChI is InChI=1S/C10H20N2OS/c1-7(11)6-10(13)12-4-5-14-9(3)8(12)2/h7-9H,4-6,11H2,1-3H3. The highest BCUT2D eigenvalue weighted by molar-refractivity contribution is 8.00. The minimum absolute atomic E-state index is 0.0282. The average Bonchev–Trinajstić information content (AvgIpc) is 2.08. The summed E-state index contributed by atoms with van der Waals surface area (Å²) in [6.07, 6.45) is 0.474. The molecule has 14 heavy (non-hydrogen) atoms. The van der Waals surface area contributed by atoms with Crippen LogP contribution in [0, 0.1) is 0 Å². The number of carbonyl (C=O) groups is 1. The molecule has 2 N–H and O–H groups in total. The molecule has 0 spiro atoms. The zero-order valence-corrected chi connectivity index (χ0v) is 10.0. The Morgan fingerprint density at radius 3 is 2.86 bits per heavy atom. The SMILES string of the molecule is CC(N)CC(=O)N1CCSC(C)C1C. The largest absolute Gasteiger partial charge is 0.338 e. The maximum absolute atomic E-state index is 11.8. The van der Waals surface area contributed by atoms with E-state index in [9.17, 15) is 4.79 Å². The first-order chi connectivity index (χ1) is 6.52. The summed E-state index contributed by atoms with van der Waals surface area (Å²) in [6, 6.07) is 0.319. The van der Waals surface area contributed by atoms with Crippen molar-refractivity contribution < 1.29 is 4.79 Å². The molecule has 3 unspecified atom stereocenters. The molecule has 0 radical (unpaired) electrons. The predicted molar refractivity (Wildman–Crippen MR) is 61.4 cm³/mol. The molecule has 0 aromatic carbocycles. The van der Waals surface area contributed by atoms with Gasteiger partial charge in [-0.05, 0) is 13.8 Å². The molecule has 3 nitrogen and oxygen atoms in total. The van der Waals surface area contributed by atoms with Crippen LogP contribution in [0.25, 0.3) is 0 Å². The van der Waals surface area contributed by atoms with E-state index in [-0.39, 0.29) is 11.9 Å². The number of nitrogens with zero attached hydrogens (tertiary/aromatic N) is 1. The number of carbonyl (C=O) groups excluding carboxylic acids is 1. The number of nitrogens with two attached hydrogens (primary N) is 1. The van der Waals surface area contributed by atoms with Crippen LogP contribution in [0.1, 0.15) is 27.2 Å². The molecule has 0 bridgehead atoms. The molecule has 3 atom stereocenters. The van der Waals surface area contributed by atoms with Crippen LogP contribution >= 0.6 is 11.8 Å². The molecule has 0 saturated carbocycles. The molecule has 4 heteroatoms. The summed E-state index contributed by atoms with van der Waals surface area (Å²) in [5, 5.41) is 0.542. The molecular formula is C10H20N2OS. The quantitative estimate of drug-likeness (QED) is 0.751. The lowest BCUT2D eigenvalue weighted by Crippen LogP contribution is -2.49. The summed E-state index contributed by atoms with van der Waals surface area (Å²) in [4.78, 5) is 13.8. The van der Waals surface area contributed by atoms with E-state index in [4.69, 9.17) is 5.73 Å². The number of thioether (sulfide) groups is 1. The Labute approximate surface area is 90.4 Å². The van der Waals surface area contributed by atoms with E-state index < -0.39 is 0 Å². The fraction of sp³-hybridized carbons (Fsp3) is 0.900. The Morgan fingerprint density at radius 2 is 2.29 bits per heavy atom. The van der Waals surface area contributed by atoms with Crippen molar-refractivity contribution in [3.8, 4) is 0 Å². The van der Waals surface area contributed by atoms with Gasteiger partial charge in [-0.2, -0.15) is 11.8 Å². The number of amides is 1. The molecule has 1 fully saturated rings. The van der Waals surface area contributed by atoms with Gasteiger partial charge in [-0.1, -0.05) is 6.92 Å². The third-order valence-electron chi connectivity index (χ3n) is 2.70. The van der Waals surface area contributed by atoms with Crippen LogP contribution in [0.4, 0.5) is 0 Å². The highest BCUT2D eigenvalue weighted by Crippen LogP contribution is 2.24. The maximum Gasteiger partial charge on any atom is 0.224 e. The molecule has 82 valence electrons. The van der Waals surface area contributed by atoms with Crippen LogP contribution in [0.3, 0.4) is 0 Å². The van der Waals surface area contributed by atoms with Crippen LogP contribution in [0.5, 0.6) is 0 Å². The second kappa shape index (κ2) is 5.03. The van der Waals surface area contributed by atoms with E-state index in [0.29, 0.717) is 17.7 Å². The van der Waals surface area contributed by atoms with Crippen LogP contribution in [-0.4, -0.2) is 40.4 Å². The first-order valence-corrected chi connectivity index (χ1v) is 6.24. The zero-order chi connectivity index (χ0) is 10.7. The molecule has 1 aliphatic heterocycles. The van der Waals surface area contributed by atoms with Crippen molar-refractivity contribution in [1.29, 1.82) is 0 Å². The third kappa shape index (κ3) is 2.89. The Kier molecular flexibility index (Phi) is 4.26. The molecule has 1 saturated heterocycles. The summed E-state index contributed by atoms with van der Waals surface area (Å²) in [6.45, 7) is 7.06. The minimum atomic E-state index is -0.0282. The number of hydrogen-bond acceptors (Lipinski definition) is 3. The summed E-state index contributed by atoms with van der Waals surface area (Å²) in [5.41, 5.74) is 5.63. The van der Waals surface area contributed by atoms with Crippen molar-refractivity contribution in [2.75, 3.05) is 12.3 Å². The summed E-state index contributed by atoms with van der Waals surface area (Å²) < 4.78 is 0. The molecular weight excluding hydrogens is 196 g/mol. The van der Waals surface area contributed by atoms with Crippen molar-refractivity contribution in [3.05, 3.63) is 0 Å². The van der Waals surface area contributed by atoms with Gasteiger partial charge in [0, 0.05) is 36.1 Å². The highest BCUT2D eigenvalue weighted by Gasteiger charge is 2.28. The van der Waals surface area contributed by atoms with E-state index >= 15 is 0 Å². The van der Waals surface area contributed by atoms with Crippen LogP contribution < -0.4 is 5.73 Å². The van der Waals surface area contributed by atoms with Gasteiger partial charge >= 0.3 is 0 Å². The van der Waals surface area contributed by atoms with Gasteiger partial charge in [0.1, 0.15) is 0 Å². The van der Waals surface area contributed by atoms with Gasteiger partial charge in [0.2, 0.25) is 5.91 Å². The fourth-order valence-corrected chi connectivity index (χ4v) is 2.78. The van der Waals surface area contributed by atoms with Gasteiger partial charge in [0.05, 0.1) is 0 Å². The second-order valence-corrected chi connectivity index (χ2v) is 5.57. The van der Waals surface area contributed by atoms with Crippen molar-refractivity contribution in [3.63, 3.8) is 0 Å². The van der Waals surface area contributed by atoms with Crippen molar-refractivity contribution in [2.24, 2.45) is 5.73 Å². The van der Waals surface area contributed by atoms with E-state index in [1.54, 1.807) is 0 Å². The van der Waals surface area contributed by atoms with Gasteiger partial charge in [0.25, 0.3) is 0 Å². The summed E-state index contributed by atoms with van der Waals surface area (Å²) in [7, 11) is 0. The Hall–Kier alpha value is -0.220. The van der Waals surface area contributed by atoms with E-state index in [2.05, 4.69) is 13.8 Å². The van der Waals surface area contributed by atoms with Gasteiger partial charge < -0.3 is 10.6 Å². The summed E-state index contributed by atoms with van der Waals surface area (Å²) in [5.74, 6) is 1.26. The lowest BCUT2D eigenvalue weighted by Gasteiger charge is -2.37. The predicted octanol–water partition coefficient (Wildman–Crippen LogP) is 1.08. The molecule has 1 amide bonds. The molecule has 1 heterocycles. The lowest BCUT2D eigenvalue weighted by molar-refractivity contribution is -0.133. The molecule has 0 aromatic heterocycles. The number of hydrogen-bond donors (Lipinski definition) is 1. The lowest BCUT2D eigenvalue weighted by atomic mass is 10.1. The first-order valence-electron chi connectivity index (χ1n) is 5.19. The fourth-order valence-electron chi connectivity index (χ4n) is 1.68. The molecule has 1 rings (SSSR count). The van der Waals surface area contributed by atoms with E-state index in [0.717, 1.165) is 12.3 Å². The van der Waals surface area contributed by atoms with Crippen molar-refractivity contribution >= 4 is 17.7 Å². The summed E-state index contributed by atoms with van der Waals surface area (Å²) >= 11 is 1.94. The Morgan fingerprint density at radius 1 is 1.64 bits per heavy atom. The van der Waals surface area contributed by atoms with Gasteiger partial charge in [-0.15, -0.1) is 0 Å². The van der Waals surface area contributed by atoms with Crippen LogP contribution in [-0.2, 0) is 4.79 Å². The van der Waals surface area contributed by atoms with E-state index in [1.807, 2.05) is 23.6 Å². The maximum atomic E-state index is 11.8. The van der Waals surface area contributed by atoms with Crippen LogP contribution in [0.2, 0.25) is 0 Å². The Balaban J connectivity index is 2.53. The zero-order valence-electron chi connectivity index (χ0n) is 9.19. The smallest absolute Gasteiger partial charge is 0.224 e. The molecule has 1 aliphatic rings. The van der Waals surface area contributed by atoms with Gasteiger partial charge in [0.15, 0.2) is 0 Å². The topological polar surface area (TPSA) is 46.3 Å². The monoisotopic (exact) mass is 216 g/mol. The first kappa shape index (κ1) is 11.9. The number of rotatable bonds is 2. The normalized spacial score (nSPS) is 30.1. The Bertz CT molecular complexity index is 208. The second-order valence-electron chi connectivity index (χ2n) is 4.09. The van der Waals surface area contributed by atoms with Gasteiger partial charge in [-0.25, -0.2) is 0 Å². The van der Waals surface area contributed by atoms with E-state index in [1.165, 1.54) is 0 Å². The third-order valence-corrected chi connectivity index (χ3v) is 4.04. The highest BCUT2D eigenvalue weighted by atomic mass is 32.2. The van der Waals surface area contributed by atoms with Crippen molar-refractivity contribution in [1.82, 2.24) is 4.90 Å². The van der Waals surface area contributed by atoms with Crippen molar-refractivity contribution in [2.45, 2.75) is 44.5 Å². The van der Waals surface area contributed by atoms with Gasteiger partial charge in [-0.3, -0.25) is 4.79 Å². The molecule has 0 aliphatic carbocycles.